The van der Waals surface area contributed by atoms with Gasteiger partial charge >= 0.3 is 6.18 Å². The van der Waals surface area contributed by atoms with Crippen molar-refractivity contribution in [3.8, 4) is 23.0 Å². The predicted octanol–water partition coefficient (Wildman–Crippen LogP) is 8.80. The van der Waals surface area contributed by atoms with E-state index in [9.17, 15) is 13.2 Å². The van der Waals surface area contributed by atoms with Crippen LogP contribution in [-0.4, -0.2) is 0 Å². The van der Waals surface area contributed by atoms with Crippen molar-refractivity contribution in [3.63, 3.8) is 0 Å². The molecule has 0 heterocycles. The van der Waals surface area contributed by atoms with E-state index in [0.717, 1.165) is 29.7 Å². The van der Waals surface area contributed by atoms with Gasteiger partial charge in [0.2, 0.25) is 0 Å². The SMILES string of the molecule is CCCCCc1ccc(C#Cc2ccc3c(F)c(-c4ccc(C(F)(F)F)cc4)ccc3c2)cc1. The molecule has 0 aliphatic heterocycles. The molecule has 4 rings (SSSR count). The summed E-state index contributed by atoms with van der Waals surface area (Å²) in [4.78, 5) is 0. The van der Waals surface area contributed by atoms with Crippen LogP contribution in [-0.2, 0) is 12.6 Å². The Hall–Kier alpha value is -3.58. The van der Waals surface area contributed by atoms with Gasteiger partial charge in [-0.25, -0.2) is 4.39 Å². The lowest BCUT2D eigenvalue weighted by Crippen LogP contribution is -2.04. The van der Waals surface area contributed by atoms with Gasteiger partial charge in [-0.3, -0.25) is 0 Å². The number of halogens is 4. The van der Waals surface area contributed by atoms with Crippen LogP contribution in [0.1, 0.15) is 48.4 Å². The highest BCUT2D eigenvalue weighted by atomic mass is 19.4. The van der Waals surface area contributed by atoms with E-state index in [-0.39, 0.29) is 5.56 Å². The third-order valence-electron chi connectivity index (χ3n) is 5.85. The number of unbranched alkanes of at least 4 members (excludes halogenated alkanes) is 2. The van der Waals surface area contributed by atoms with E-state index in [4.69, 9.17) is 0 Å². The second-order valence-electron chi connectivity index (χ2n) is 8.34. The fourth-order valence-corrected chi connectivity index (χ4v) is 3.91. The Morgan fingerprint density at radius 3 is 2.09 bits per heavy atom. The Balaban J connectivity index is 1.54. The molecule has 0 aliphatic carbocycles. The molecular weight excluding hydrogens is 436 g/mol. The lowest BCUT2D eigenvalue weighted by molar-refractivity contribution is -0.137. The zero-order valence-corrected chi connectivity index (χ0v) is 18.8. The molecule has 0 fully saturated rings. The maximum atomic E-state index is 15.2. The van der Waals surface area contributed by atoms with Gasteiger partial charge in [0, 0.05) is 22.1 Å². The fourth-order valence-electron chi connectivity index (χ4n) is 3.91. The summed E-state index contributed by atoms with van der Waals surface area (Å²) in [6, 6.07) is 21.4. The van der Waals surface area contributed by atoms with Gasteiger partial charge in [-0.15, -0.1) is 0 Å². The summed E-state index contributed by atoms with van der Waals surface area (Å²) in [6.07, 6.45) is 0.280. The molecule has 4 heteroatoms. The molecule has 0 amide bonds. The van der Waals surface area contributed by atoms with Crippen LogP contribution in [0.25, 0.3) is 21.9 Å². The Kier molecular flexibility index (Phi) is 7.03. The molecule has 0 spiro atoms. The number of benzene rings is 4. The van der Waals surface area contributed by atoms with E-state index in [0.29, 0.717) is 16.3 Å². The first-order valence-electron chi connectivity index (χ1n) is 11.4. The Labute approximate surface area is 197 Å². The van der Waals surface area contributed by atoms with E-state index < -0.39 is 17.6 Å². The van der Waals surface area contributed by atoms with Gasteiger partial charge in [-0.2, -0.15) is 13.2 Å². The van der Waals surface area contributed by atoms with Gasteiger partial charge in [0.05, 0.1) is 5.56 Å². The number of alkyl halides is 3. The predicted molar refractivity (Wildman–Crippen MR) is 130 cm³/mol. The number of hydrogen-bond acceptors (Lipinski definition) is 0. The molecule has 0 aromatic heterocycles. The van der Waals surface area contributed by atoms with Crippen molar-refractivity contribution in [1.82, 2.24) is 0 Å². The lowest BCUT2D eigenvalue weighted by Gasteiger charge is -2.10. The van der Waals surface area contributed by atoms with Crippen LogP contribution in [0.4, 0.5) is 17.6 Å². The van der Waals surface area contributed by atoms with Crippen LogP contribution in [0, 0.1) is 17.7 Å². The standard InChI is InChI=1S/C30H24F4/c1-2-3-4-5-21-6-8-22(9-7-21)10-11-23-12-18-28-25(20-23)15-19-27(29(28)31)24-13-16-26(17-14-24)30(32,33)34/h6-9,12-20H,2-5H2,1H3. The van der Waals surface area contributed by atoms with Crippen molar-refractivity contribution in [2.45, 2.75) is 38.8 Å². The summed E-state index contributed by atoms with van der Waals surface area (Å²) in [6.45, 7) is 2.19. The smallest absolute Gasteiger partial charge is 0.206 e. The monoisotopic (exact) mass is 460 g/mol. The zero-order chi connectivity index (χ0) is 24.1. The van der Waals surface area contributed by atoms with Crippen molar-refractivity contribution in [3.05, 3.63) is 107 Å². The van der Waals surface area contributed by atoms with E-state index in [1.807, 2.05) is 18.2 Å². The van der Waals surface area contributed by atoms with Crippen LogP contribution >= 0.6 is 0 Å². The van der Waals surface area contributed by atoms with Crippen LogP contribution < -0.4 is 0 Å². The van der Waals surface area contributed by atoms with Gasteiger partial charge in [0.15, 0.2) is 0 Å². The summed E-state index contributed by atoms with van der Waals surface area (Å²) < 4.78 is 53.6. The van der Waals surface area contributed by atoms with Gasteiger partial charge in [-0.1, -0.05) is 74.1 Å². The highest BCUT2D eigenvalue weighted by molar-refractivity contribution is 5.89. The van der Waals surface area contributed by atoms with Gasteiger partial charge < -0.3 is 0 Å². The number of hydrogen-bond donors (Lipinski definition) is 0. The quantitative estimate of drug-likeness (QED) is 0.159. The molecule has 0 saturated heterocycles. The highest BCUT2D eigenvalue weighted by Crippen LogP contribution is 2.33. The zero-order valence-electron chi connectivity index (χ0n) is 18.8. The van der Waals surface area contributed by atoms with Crippen molar-refractivity contribution >= 4 is 10.8 Å². The first-order valence-corrected chi connectivity index (χ1v) is 11.4. The second-order valence-corrected chi connectivity index (χ2v) is 8.34. The Bertz CT molecular complexity index is 1340. The van der Waals surface area contributed by atoms with E-state index in [1.54, 1.807) is 24.3 Å². The third-order valence-corrected chi connectivity index (χ3v) is 5.85. The molecule has 0 N–H and O–H groups in total. The summed E-state index contributed by atoms with van der Waals surface area (Å²) in [5, 5.41) is 1.09. The normalized spacial score (nSPS) is 11.3. The van der Waals surface area contributed by atoms with Gasteiger partial charge in [0.1, 0.15) is 5.82 Å². The minimum Gasteiger partial charge on any atom is -0.206 e. The van der Waals surface area contributed by atoms with Crippen molar-refractivity contribution in [2.75, 3.05) is 0 Å². The molecule has 172 valence electrons. The maximum absolute atomic E-state index is 15.2. The van der Waals surface area contributed by atoms with E-state index in [2.05, 4.69) is 30.9 Å². The largest absolute Gasteiger partial charge is 0.416 e. The highest BCUT2D eigenvalue weighted by Gasteiger charge is 2.30. The number of rotatable bonds is 5. The van der Waals surface area contributed by atoms with Crippen molar-refractivity contribution < 1.29 is 17.6 Å². The summed E-state index contributed by atoms with van der Waals surface area (Å²) in [7, 11) is 0. The first kappa shape index (κ1) is 23.6. The lowest BCUT2D eigenvalue weighted by atomic mass is 9.98. The average Bonchev–Trinajstić information content (AvgIpc) is 2.83. The van der Waals surface area contributed by atoms with Crippen molar-refractivity contribution in [2.24, 2.45) is 0 Å². The molecule has 4 aromatic rings. The third kappa shape index (κ3) is 5.48. The van der Waals surface area contributed by atoms with Crippen LogP contribution in [0.2, 0.25) is 0 Å². The van der Waals surface area contributed by atoms with E-state index >= 15 is 4.39 Å². The minimum absolute atomic E-state index is 0.263. The first-order chi connectivity index (χ1) is 16.3. The molecule has 0 radical (unpaired) electrons. The topological polar surface area (TPSA) is 0 Å². The molecule has 0 unspecified atom stereocenters. The Morgan fingerprint density at radius 1 is 0.735 bits per heavy atom. The maximum Gasteiger partial charge on any atom is 0.416 e. The van der Waals surface area contributed by atoms with Gasteiger partial charge in [0.25, 0.3) is 0 Å². The summed E-state index contributed by atoms with van der Waals surface area (Å²) in [5.74, 6) is 5.82. The van der Waals surface area contributed by atoms with E-state index in [1.165, 1.54) is 37.0 Å². The molecule has 0 atom stereocenters. The molecule has 0 saturated carbocycles. The summed E-state index contributed by atoms with van der Waals surface area (Å²) >= 11 is 0. The van der Waals surface area contributed by atoms with Crippen LogP contribution in [0.3, 0.4) is 0 Å². The Morgan fingerprint density at radius 2 is 1.41 bits per heavy atom. The molecule has 34 heavy (non-hydrogen) atoms. The average molecular weight is 461 g/mol. The second kappa shape index (κ2) is 10.1. The minimum atomic E-state index is -4.42. The molecule has 4 aromatic carbocycles. The van der Waals surface area contributed by atoms with Crippen molar-refractivity contribution in [1.29, 1.82) is 0 Å². The van der Waals surface area contributed by atoms with Gasteiger partial charge in [-0.05, 0) is 65.8 Å². The van der Waals surface area contributed by atoms with Crippen LogP contribution in [0.5, 0.6) is 0 Å². The molecule has 0 bridgehead atoms. The fraction of sp³-hybridized carbons (Fsp3) is 0.200. The molecular formula is C30H24F4. The number of aryl methyl sites for hydroxylation is 1. The number of fused-ring (bicyclic) bond motifs is 1. The summed E-state index contributed by atoms with van der Waals surface area (Å²) in [5.41, 5.74) is 2.90. The molecule has 0 aliphatic rings. The molecule has 0 nitrogen and oxygen atoms in total. The van der Waals surface area contributed by atoms with Crippen LogP contribution in [0.15, 0.2) is 78.9 Å².